The number of carbonyl (C=O) groups is 1. The van der Waals surface area contributed by atoms with Gasteiger partial charge in [-0.3, -0.25) is 9.78 Å². The standard InChI is InChI=1S/C14H10F2N2O3/c15-9-5-8(6-10(16)13(9)19)14(20)18-3-4-21-12-1-2-17-7-11(12)18/h1-2,5-7,19H,3-4H2. The Morgan fingerprint density at radius 2 is 2.05 bits per heavy atom. The Morgan fingerprint density at radius 1 is 1.33 bits per heavy atom. The van der Waals surface area contributed by atoms with Gasteiger partial charge in [-0.05, 0) is 12.1 Å². The number of fused-ring (bicyclic) bond motifs is 1. The third kappa shape index (κ3) is 2.26. The minimum absolute atomic E-state index is 0.195. The molecule has 0 saturated carbocycles. The van der Waals surface area contributed by atoms with E-state index in [1.807, 2.05) is 0 Å². The molecule has 0 atom stereocenters. The van der Waals surface area contributed by atoms with Crippen molar-refractivity contribution in [3.8, 4) is 11.5 Å². The molecule has 5 nitrogen and oxygen atoms in total. The van der Waals surface area contributed by atoms with Gasteiger partial charge in [-0.15, -0.1) is 0 Å². The van der Waals surface area contributed by atoms with E-state index in [4.69, 9.17) is 9.84 Å². The molecule has 21 heavy (non-hydrogen) atoms. The minimum Gasteiger partial charge on any atom is -0.503 e. The fourth-order valence-electron chi connectivity index (χ4n) is 2.12. The van der Waals surface area contributed by atoms with E-state index < -0.39 is 23.3 Å². The molecule has 0 radical (unpaired) electrons. The quantitative estimate of drug-likeness (QED) is 0.874. The second-order valence-corrected chi connectivity index (χ2v) is 4.44. The van der Waals surface area contributed by atoms with Gasteiger partial charge in [-0.1, -0.05) is 0 Å². The first-order chi connectivity index (χ1) is 10.1. The normalized spacial score (nSPS) is 13.5. The lowest BCUT2D eigenvalue weighted by Gasteiger charge is -2.29. The smallest absolute Gasteiger partial charge is 0.258 e. The molecule has 1 amide bonds. The molecule has 0 aliphatic carbocycles. The number of ether oxygens (including phenoxy) is 1. The van der Waals surface area contributed by atoms with Crippen LogP contribution in [0.3, 0.4) is 0 Å². The number of aromatic hydroxyl groups is 1. The Kier molecular flexibility index (Phi) is 3.17. The first kappa shape index (κ1) is 13.3. The number of rotatable bonds is 1. The topological polar surface area (TPSA) is 62.7 Å². The van der Waals surface area contributed by atoms with E-state index in [2.05, 4.69) is 4.98 Å². The summed E-state index contributed by atoms with van der Waals surface area (Å²) in [6, 6.07) is 3.20. The van der Waals surface area contributed by atoms with Crippen LogP contribution < -0.4 is 9.64 Å². The Morgan fingerprint density at radius 3 is 2.76 bits per heavy atom. The van der Waals surface area contributed by atoms with Gasteiger partial charge in [0.15, 0.2) is 17.4 Å². The number of carbonyl (C=O) groups excluding carboxylic acids is 1. The van der Waals surface area contributed by atoms with Gasteiger partial charge in [0.2, 0.25) is 0 Å². The Bertz CT molecular complexity index is 698. The maximum Gasteiger partial charge on any atom is 0.258 e. The summed E-state index contributed by atoms with van der Waals surface area (Å²) >= 11 is 0. The molecule has 1 aliphatic rings. The summed E-state index contributed by atoms with van der Waals surface area (Å²) in [5.41, 5.74) is 0.238. The van der Waals surface area contributed by atoms with Crippen LogP contribution in [0.25, 0.3) is 0 Å². The number of benzene rings is 1. The van der Waals surface area contributed by atoms with Crippen LogP contribution in [-0.2, 0) is 0 Å². The molecule has 1 N–H and O–H groups in total. The van der Waals surface area contributed by atoms with Crippen LogP contribution in [0.2, 0.25) is 0 Å². The highest BCUT2D eigenvalue weighted by Gasteiger charge is 2.26. The Balaban J connectivity index is 2.00. The fraction of sp³-hybridized carbons (Fsp3) is 0.143. The van der Waals surface area contributed by atoms with Gasteiger partial charge in [0.25, 0.3) is 5.91 Å². The molecule has 0 bridgehead atoms. The van der Waals surface area contributed by atoms with Crippen molar-refractivity contribution >= 4 is 11.6 Å². The maximum atomic E-state index is 13.4. The van der Waals surface area contributed by atoms with Crippen molar-refractivity contribution in [3.63, 3.8) is 0 Å². The van der Waals surface area contributed by atoms with Gasteiger partial charge in [0.1, 0.15) is 18.0 Å². The number of pyridine rings is 1. The third-order valence-corrected chi connectivity index (χ3v) is 3.13. The highest BCUT2D eigenvalue weighted by molar-refractivity contribution is 6.07. The predicted molar refractivity (Wildman–Crippen MR) is 69.4 cm³/mol. The summed E-state index contributed by atoms with van der Waals surface area (Å²) in [4.78, 5) is 17.6. The summed E-state index contributed by atoms with van der Waals surface area (Å²) in [6.07, 6.45) is 2.96. The molecule has 1 aromatic carbocycles. The van der Waals surface area contributed by atoms with Gasteiger partial charge in [-0.2, -0.15) is 0 Å². The SMILES string of the molecule is O=C(c1cc(F)c(O)c(F)c1)N1CCOc2ccncc21. The van der Waals surface area contributed by atoms with Gasteiger partial charge in [0, 0.05) is 17.8 Å². The second-order valence-electron chi connectivity index (χ2n) is 4.44. The van der Waals surface area contributed by atoms with E-state index in [1.54, 1.807) is 6.07 Å². The molecule has 2 heterocycles. The van der Waals surface area contributed by atoms with Crippen LogP contribution >= 0.6 is 0 Å². The summed E-state index contributed by atoms with van der Waals surface area (Å²) in [5.74, 6) is -3.58. The number of halogens is 2. The lowest BCUT2D eigenvalue weighted by Crippen LogP contribution is -2.38. The monoisotopic (exact) mass is 292 g/mol. The average Bonchev–Trinajstić information content (AvgIpc) is 2.51. The minimum atomic E-state index is -1.18. The summed E-state index contributed by atoms with van der Waals surface area (Å²) in [6.45, 7) is 0.507. The lowest BCUT2D eigenvalue weighted by molar-refractivity contribution is 0.0975. The van der Waals surface area contributed by atoms with E-state index in [-0.39, 0.29) is 18.7 Å². The molecular formula is C14H10F2N2O3. The van der Waals surface area contributed by atoms with E-state index in [0.29, 0.717) is 11.4 Å². The number of aromatic nitrogens is 1. The van der Waals surface area contributed by atoms with E-state index >= 15 is 0 Å². The summed E-state index contributed by atoms with van der Waals surface area (Å²) < 4.78 is 32.1. The molecule has 7 heteroatoms. The van der Waals surface area contributed by atoms with Gasteiger partial charge in [-0.25, -0.2) is 8.78 Å². The number of phenols is 1. The van der Waals surface area contributed by atoms with E-state index in [1.165, 1.54) is 17.3 Å². The molecule has 0 saturated heterocycles. The van der Waals surface area contributed by atoms with Crippen molar-refractivity contribution in [3.05, 3.63) is 47.8 Å². The zero-order chi connectivity index (χ0) is 15.0. The molecular weight excluding hydrogens is 282 g/mol. The van der Waals surface area contributed by atoms with Crippen LogP contribution in [-0.4, -0.2) is 29.1 Å². The number of hydrogen-bond acceptors (Lipinski definition) is 4. The first-order valence-corrected chi connectivity index (χ1v) is 6.14. The summed E-state index contributed by atoms with van der Waals surface area (Å²) in [5, 5.41) is 9.08. The van der Waals surface area contributed by atoms with Crippen molar-refractivity contribution < 1.29 is 23.4 Å². The molecule has 108 valence electrons. The molecule has 0 spiro atoms. The molecule has 2 aromatic rings. The molecule has 3 rings (SSSR count). The Labute approximate surface area is 118 Å². The van der Waals surface area contributed by atoms with Crippen LogP contribution in [0, 0.1) is 11.6 Å². The van der Waals surface area contributed by atoms with Crippen molar-refractivity contribution in [2.75, 3.05) is 18.1 Å². The lowest BCUT2D eigenvalue weighted by atomic mass is 10.1. The van der Waals surface area contributed by atoms with E-state index in [9.17, 15) is 13.6 Å². The van der Waals surface area contributed by atoms with Crippen LogP contribution in [0.15, 0.2) is 30.6 Å². The molecule has 1 aliphatic heterocycles. The Hall–Kier alpha value is -2.70. The average molecular weight is 292 g/mol. The highest BCUT2D eigenvalue weighted by atomic mass is 19.1. The number of amides is 1. The van der Waals surface area contributed by atoms with Crippen LogP contribution in [0.1, 0.15) is 10.4 Å². The van der Waals surface area contributed by atoms with Crippen molar-refractivity contribution in [2.45, 2.75) is 0 Å². The highest BCUT2D eigenvalue weighted by Crippen LogP contribution is 2.31. The number of hydrogen-bond donors (Lipinski definition) is 1. The number of anilines is 1. The molecule has 0 fully saturated rings. The summed E-state index contributed by atoms with van der Waals surface area (Å²) in [7, 11) is 0. The van der Waals surface area contributed by atoms with Gasteiger partial charge < -0.3 is 14.7 Å². The van der Waals surface area contributed by atoms with Crippen molar-refractivity contribution in [1.29, 1.82) is 0 Å². The third-order valence-electron chi connectivity index (χ3n) is 3.13. The maximum absolute atomic E-state index is 13.4. The zero-order valence-corrected chi connectivity index (χ0v) is 10.7. The first-order valence-electron chi connectivity index (χ1n) is 6.14. The van der Waals surface area contributed by atoms with Gasteiger partial charge >= 0.3 is 0 Å². The van der Waals surface area contributed by atoms with Gasteiger partial charge in [0.05, 0.1) is 12.7 Å². The predicted octanol–water partition coefficient (Wildman–Crippen LogP) is 2.10. The van der Waals surface area contributed by atoms with Crippen molar-refractivity contribution in [1.82, 2.24) is 4.98 Å². The number of nitrogens with zero attached hydrogens (tertiary/aromatic N) is 2. The van der Waals surface area contributed by atoms with Crippen molar-refractivity contribution in [2.24, 2.45) is 0 Å². The molecule has 0 unspecified atom stereocenters. The zero-order valence-electron chi connectivity index (χ0n) is 10.7. The second kappa shape index (κ2) is 5.01. The van der Waals surface area contributed by atoms with Crippen LogP contribution in [0.5, 0.6) is 11.5 Å². The fourth-order valence-corrected chi connectivity index (χ4v) is 2.12. The number of phenolic OH excluding ortho intramolecular Hbond substituents is 1. The largest absolute Gasteiger partial charge is 0.503 e. The molecule has 1 aromatic heterocycles. The van der Waals surface area contributed by atoms with Crippen LogP contribution in [0.4, 0.5) is 14.5 Å². The van der Waals surface area contributed by atoms with E-state index in [0.717, 1.165) is 12.1 Å².